The number of likely N-dealkylation sites (N-methyl/N-ethyl adjacent to an activating group) is 1. The van der Waals surface area contributed by atoms with Gasteiger partial charge in [-0.3, -0.25) is 4.79 Å². The number of rotatable bonds is 3. The lowest BCUT2D eigenvalue weighted by Crippen LogP contribution is -2.52. The Balaban J connectivity index is 2.40. The highest BCUT2D eigenvalue weighted by molar-refractivity contribution is 5.87. The Morgan fingerprint density at radius 3 is 3.43 bits per heavy atom. The number of aromatic nitrogens is 3. The third kappa shape index (κ3) is 2.84. The summed E-state index contributed by atoms with van der Waals surface area (Å²) in [6.45, 7) is -9.28. The monoisotopic (exact) mass is 325 g/mol. The Kier molecular flexibility index (Phi) is 1.66. The van der Waals surface area contributed by atoms with Crippen LogP contribution in [0.1, 0.15) is 37.5 Å². The maximum absolute atomic E-state index is 12.9. The minimum absolute atomic E-state index is 0.152. The maximum atomic E-state index is 12.9. The van der Waals surface area contributed by atoms with Gasteiger partial charge in [-0.25, -0.2) is 9.97 Å². The fraction of sp³-hybridized carbons (Fsp3) is 0.500. The van der Waals surface area contributed by atoms with E-state index in [2.05, 4.69) is 15.0 Å². The molecular formula is C16H20N6O. The second-order valence-corrected chi connectivity index (χ2v) is 4.66. The van der Waals surface area contributed by atoms with Crippen molar-refractivity contribution in [3.8, 4) is 6.07 Å². The van der Waals surface area contributed by atoms with Gasteiger partial charge in [0.1, 0.15) is 24.2 Å². The first-order chi connectivity index (χ1) is 16.2. The molecule has 1 saturated heterocycles. The topological polar surface area (TPSA) is 88.9 Å². The van der Waals surface area contributed by atoms with Crippen molar-refractivity contribution in [1.29, 1.82) is 5.26 Å². The Hall–Kier alpha value is -2.62. The maximum Gasteiger partial charge on any atom is 0.236 e. The van der Waals surface area contributed by atoms with E-state index >= 15 is 0 Å². The van der Waals surface area contributed by atoms with E-state index in [-0.39, 0.29) is 11.0 Å². The van der Waals surface area contributed by atoms with Crippen LogP contribution in [0, 0.1) is 17.2 Å². The second-order valence-electron chi connectivity index (χ2n) is 4.66. The van der Waals surface area contributed by atoms with Crippen molar-refractivity contribution < 1.29 is 22.6 Å². The van der Waals surface area contributed by atoms with Gasteiger partial charge in [-0.15, -0.1) is 0 Å². The minimum atomic E-state index is -3.53. The van der Waals surface area contributed by atoms with Crippen LogP contribution in [0.4, 0.5) is 5.82 Å². The highest BCUT2D eigenvalue weighted by Crippen LogP contribution is 2.28. The molecule has 3 heterocycles. The summed E-state index contributed by atoms with van der Waals surface area (Å²) >= 11 is 0. The summed E-state index contributed by atoms with van der Waals surface area (Å²) in [5.41, 5.74) is -0.152. The van der Waals surface area contributed by atoms with E-state index in [1.165, 1.54) is 0 Å². The van der Waals surface area contributed by atoms with Crippen molar-refractivity contribution in [2.75, 3.05) is 24.9 Å². The highest BCUT2D eigenvalue weighted by Gasteiger charge is 2.32. The van der Waals surface area contributed by atoms with Gasteiger partial charge in [-0.2, -0.15) is 5.26 Å². The summed E-state index contributed by atoms with van der Waals surface area (Å²) < 4.78 is 106. The molecule has 23 heavy (non-hydrogen) atoms. The minimum Gasteiger partial charge on any atom is -0.354 e. The number of anilines is 1. The number of aromatic amines is 1. The number of carbonyl (C=O) groups is 1. The molecule has 7 heteroatoms. The largest absolute Gasteiger partial charge is 0.354 e. The molecule has 3 rings (SSSR count). The van der Waals surface area contributed by atoms with Crippen LogP contribution >= 0.6 is 0 Å². The summed E-state index contributed by atoms with van der Waals surface area (Å²) in [7, 11) is 0. The van der Waals surface area contributed by atoms with Crippen molar-refractivity contribution in [3.63, 3.8) is 0 Å². The van der Waals surface area contributed by atoms with Gasteiger partial charge in [0, 0.05) is 35.7 Å². The van der Waals surface area contributed by atoms with E-state index in [0.29, 0.717) is 4.90 Å². The summed E-state index contributed by atoms with van der Waals surface area (Å²) in [5, 5.41) is 8.76. The SMILES string of the molecule is [2H]c1[nH]c2ncnc(N([C@@H]3[C@H](C)C([2H])([2H])C([2H])([2H])N(C(=O)C([2H])([2H])C#N)C3([2H])[2H])C([2H])([2H])[2H])c2c1[2H]. The number of hydrogen-bond acceptors (Lipinski definition) is 5. The molecule has 1 aliphatic rings. The van der Waals surface area contributed by atoms with E-state index in [0.717, 1.165) is 19.3 Å². The summed E-state index contributed by atoms with van der Waals surface area (Å²) in [6, 6.07) is -1.81. The zero-order chi connectivity index (χ0) is 27.8. The van der Waals surface area contributed by atoms with Crippen LogP contribution in [0.3, 0.4) is 0 Å². The van der Waals surface area contributed by atoms with Crippen molar-refractivity contribution in [2.24, 2.45) is 5.92 Å². The van der Waals surface area contributed by atoms with Crippen LogP contribution in [0.25, 0.3) is 11.0 Å². The zero-order valence-electron chi connectivity index (χ0n) is 24.9. The predicted octanol–water partition coefficient (Wildman–Crippen LogP) is 1.54. The average molecular weight is 325 g/mol. The highest BCUT2D eigenvalue weighted by atomic mass is 16.2. The molecule has 1 fully saturated rings. The molecule has 2 aromatic heterocycles. The summed E-state index contributed by atoms with van der Waals surface area (Å²) in [6.07, 6.45) is -6.27. The lowest BCUT2D eigenvalue weighted by Gasteiger charge is -2.42. The fourth-order valence-corrected chi connectivity index (χ4v) is 2.07. The van der Waals surface area contributed by atoms with E-state index < -0.39 is 73.5 Å². The molecule has 2 atom stereocenters. The normalized spacial score (nSPS) is 37.2. The number of nitrogens with one attached hydrogen (secondary N) is 1. The lowest BCUT2D eigenvalue weighted by molar-refractivity contribution is -0.131. The number of nitrogens with zero attached hydrogens (tertiary/aromatic N) is 5. The van der Waals surface area contributed by atoms with Crippen molar-refractivity contribution in [3.05, 3.63) is 18.5 Å². The third-order valence-corrected chi connectivity index (χ3v) is 3.21. The third-order valence-electron chi connectivity index (χ3n) is 3.21. The first kappa shape index (κ1) is 6.11. The molecule has 0 bridgehead atoms. The second kappa shape index (κ2) is 6.24. The molecule has 120 valence electrons. The van der Waals surface area contributed by atoms with Crippen LogP contribution < -0.4 is 4.90 Å². The Morgan fingerprint density at radius 2 is 2.65 bits per heavy atom. The van der Waals surface area contributed by atoms with Gasteiger partial charge in [0.25, 0.3) is 0 Å². The van der Waals surface area contributed by atoms with Crippen LogP contribution in [0.15, 0.2) is 18.5 Å². The molecule has 0 aromatic carbocycles. The Bertz CT molecular complexity index is 1250. The van der Waals surface area contributed by atoms with Crippen molar-refractivity contribution in [1.82, 2.24) is 19.9 Å². The standard InChI is InChI=1S/C16H20N6O/c1-11-5-8-22(14(23)3-6-17)9-13(11)21(2)16-12-4-7-18-15(12)19-10-20-16/h4,7,10-11,13H,3,5,8-9H2,1-2H3,(H,18,19,20)/t11-,13+/m1/s1/i2D3,3D2,4D,5D2,7D,8D2,9D2. The molecule has 0 radical (unpaired) electrons. The summed E-state index contributed by atoms with van der Waals surface area (Å²) in [4.78, 5) is 23.0. The summed E-state index contributed by atoms with van der Waals surface area (Å²) in [5.74, 6) is -4.49. The van der Waals surface area contributed by atoms with Crippen molar-refractivity contribution in [2.45, 2.75) is 25.7 Å². The molecular weight excluding hydrogens is 292 g/mol. The Labute approximate surface area is 153 Å². The van der Waals surface area contributed by atoms with Crippen molar-refractivity contribution >= 4 is 22.8 Å². The van der Waals surface area contributed by atoms with E-state index in [4.69, 9.17) is 23.1 Å². The number of hydrogen-bond donors (Lipinski definition) is 1. The van der Waals surface area contributed by atoms with Gasteiger partial charge in [0.2, 0.25) is 5.91 Å². The van der Waals surface area contributed by atoms with Crippen LogP contribution in [-0.2, 0) is 4.79 Å². The number of piperidine rings is 1. The predicted molar refractivity (Wildman–Crippen MR) is 86.7 cm³/mol. The smallest absolute Gasteiger partial charge is 0.236 e. The van der Waals surface area contributed by atoms with Gasteiger partial charge in [0.15, 0.2) is 0 Å². The van der Waals surface area contributed by atoms with Gasteiger partial charge in [-0.1, -0.05) is 6.92 Å². The van der Waals surface area contributed by atoms with Gasteiger partial charge >= 0.3 is 0 Å². The fourth-order valence-electron chi connectivity index (χ4n) is 2.07. The average Bonchev–Trinajstić information content (AvgIpc) is 3.03. The molecule has 1 aliphatic heterocycles. The number of fused-ring (bicyclic) bond motifs is 1. The van der Waals surface area contributed by atoms with Gasteiger partial charge in [-0.05, 0) is 18.3 Å². The number of carbonyl (C=O) groups excluding carboxylic acids is 1. The molecule has 7 nitrogen and oxygen atoms in total. The molecule has 1 amide bonds. The molecule has 0 aliphatic carbocycles. The van der Waals surface area contributed by atoms with E-state index in [9.17, 15) is 4.79 Å². The van der Waals surface area contributed by atoms with Crippen LogP contribution in [-0.4, -0.2) is 51.8 Å². The molecule has 1 N–H and O–H groups in total. The zero-order valence-corrected chi connectivity index (χ0v) is 11.9. The first-order valence-electron chi connectivity index (χ1n) is 13.0. The van der Waals surface area contributed by atoms with Crippen LogP contribution in [0.5, 0.6) is 0 Å². The number of nitriles is 1. The quantitative estimate of drug-likeness (QED) is 0.925. The first-order valence-corrected chi connectivity index (χ1v) is 6.51. The Morgan fingerprint density at radius 1 is 1.78 bits per heavy atom. The molecule has 0 unspecified atom stereocenters. The molecule has 0 spiro atoms. The molecule has 0 saturated carbocycles. The number of likely N-dealkylation sites (tertiary alicyclic amines) is 1. The van der Waals surface area contributed by atoms with E-state index in [1.54, 1.807) is 0 Å². The van der Waals surface area contributed by atoms with Crippen LogP contribution in [0.2, 0.25) is 0 Å². The number of H-pyrrole nitrogens is 1. The van der Waals surface area contributed by atoms with Gasteiger partial charge in [0.05, 0.1) is 25.7 Å². The number of amides is 1. The van der Waals surface area contributed by atoms with E-state index in [1.807, 2.05) is 0 Å². The molecule has 2 aromatic rings. The van der Waals surface area contributed by atoms with Gasteiger partial charge < -0.3 is 14.8 Å². The lowest BCUT2D eigenvalue weighted by atomic mass is 9.92.